The maximum absolute atomic E-state index is 4.04. The number of hydrogen-bond acceptors (Lipinski definition) is 2. The fourth-order valence-electron chi connectivity index (χ4n) is 8.25. The van der Waals surface area contributed by atoms with Crippen LogP contribution in [0.5, 0.6) is 0 Å². The Labute approximate surface area is 389 Å². The Kier molecular flexibility index (Phi) is 13.3. The number of anilines is 4. The normalized spacial score (nSPS) is 11.4. The van der Waals surface area contributed by atoms with Gasteiger partial charge < -0.3 is 10.2 Å². The van der Waals surface area contributed by atoms with E-state index in [4.69, 9.17) is 0 Å². The Bertz CT molecular complexity index is 3130. The van der Waals surface area contributed by atoms with Gasteiger partial charge >= 0.3 is 0 Å². The van der Waals surface area contributed by atoms with Gasteiger partial charge in [0.15, 0.2) is 0 Å². The van der Waals surface area contributed by atoms with Crippen LogP contribution in [0.4, 0.5) is 22.7 Å². The van der Waals surface area contributed by atoms with Crippen molar-refractivity contribution in [2.24, 2.45) is 0 Å². The molecule has 0 amide bonds. The van der Waals surface area contributed by atoms with Crippen molar-refractivity contribution in [3.8, 4) is 44.5 Å². The fourth-order valence-corrected chi connectivity index (χ4v) is 8.25. The summed E-state index contributed by atoms with van der Waals surface area (Å²) in [7, 11) is 0. The highest BCUT2D eigenvalue weighted by molar-refractivity contribution is 5.90. The summed E-state index contributed by atoms with van der Waals surface area (Å²) < 4.78 is 0. The Morgan fingerprint density at radius 2 is 0.909 bits per heavy atom. The van der Waals surface area contributed by atoms with Crippen molar-refractivity contribution in [2.45, 2.75) is 0 Å². The Balaban J connectivity index is 1.06. The minimum atomic E-state index is 1.05. The average molecular weight is 847 g/mol. The van der Waals surface area contributed by atoms with Crippen molar-refractivity contribution in [3.63, 3.8) is 0 Å². The van der Waals surface area contributed by atoms with Gasteiger partial charge in [0.1, 0.15) is 0 Å². The second-order valence-corrected chi connectivity index (χ2v) is 16.0. The van der Waals surface area contributed by atoms with Crippen LogP contribution in [0.1, 0.15) is 22.3 Å². The molecule has 0 aliphatic rings. The fraction of sp³-hybridized carbons (Fsp3) is 0. The summed E-state index contributed by atoms with van der Waals surface area (Å²) in [4.78, 5) is 2.35. The molecule has 0 bridgehead atoms. The topological polar surface area (TPSA) is 15.3 Å². The Morgan fingerprint density at radius 1 is 0.409 bits per heavy atom. The molecule has 316 valence electrons. The predicted molar refractivity (Wildman–Crippen MR) is 286 cm³/mol. The third kappa shape index (κ3) is 10.1. The molecule has 9 aromatic rings. The van der Waals surface area contributed by atoms with E-state index in [1.165, 1.54) is 11.1 Å². The summed E-state index contributed by atoms with van der Waals surface area (Å²) >= 11 is 0. The highest BCUT2D eigenvalue weighted by Gasteiger charge is 2.17. The second-order valence-electron chi connectivity index (χ2n) is 16.0. The van der Waals surface area contributed by atoms with Crippen LogP contribution in [0, 0.1) is 0 Å². The minimum Gasteiger partial charge on any atom is -0.362 e. The van der Waals surface area contributed by atoms with Gasteiger partial charge in [-0.05, 0) is 133 Å². The first kappa shape index (κ1) is 42.6. The summed E-state index contributed by atoms with van der Waals surface area (Å²) in [5.74, 6) is 0. The summed E-state index contributed by atoms with van der Waals surface area (Å²) in [6.07, 6.45) is 14.3. The van der Waals surface area contributed by atoms with E-state index in [9.17, 15) is 0 Å². The van der Waals surface area contributed by atoms with Crippen LogP contribution in [-0.4, -0.2) is 0 Å². The van der Waals surface area contributed by atoms with Crippen LogP contribution in [0.3, 0.4) is 0 Å². The van der Waals surface area contributed by atoms with Gasteiger partial charge in [-0.25, -0.2) is 0 Å². The van der Waals surface area contributed by atoms with E-state index >= 15 is 0 Å². The van der Waals surface area contributed by atoms with Gasteiger partial charge in [0.05, 0.1) is 0 Å². The van der Waals surface area contributed by atoms with Crippen LogP contribution >= 0.6 is 0 Å². The first-order chi connectivity index (χ1) is 32.6. The summed E-state index contributed by atoms with van der Waals surface area (Å²) in [5, 5.41) is 3.35. The number of rotatable bonds is 15. The predicted octanol–water partition coefficient (Wildman–Crippen LogP) is 17.8. The van der Waals surface area contributed by atoms with Gasteiger partial charge in [0.25, 0.3) is 0 Å². The van der Waals surface area contributed by atoms with Crippen molar-refractivity contribution in [2.75, 3.05) is 10.2 Å². The van der Waals surface area contributed by atoms with Gasteiger partial charge in [-0.15, -0.1) is 0 Å². The molecular formula is C64H50N2. The molecule has 0 radical (unpaired) electrons. The number of para-hydroxylation sites is 1. The summed E-state index contributed by atoms with van der Waals surface area (Å²) in [6.45, 7) is 8.02. The molecule has 2 heteroatoms. The van der Waals surface area contributed by atoms with Crippen LogP contribution in [0.15, 0.2) is 268 Å². The molecule has 0 aromatic heterocycles. The molecule has 9 rings (SSSR count). The number of nitrogens with zero attached hydrogens (tertiary/aromatic N) is 1. The van der Waals surface area contributed by atoms with Gasteiger partial charge in [-0.1, -0.05) is 219 Å². The number of benzene rings is 9. The van der Waals surface area contributed by atoms with E-state index in [0.29, 0.717) is 0 Å². The number of nitrogens with one attached hydrogen (secondary N) is 1. The van der Waals surface area contributed by atoms with Crippen LogP contribution in [-0.2, 0) is 0 Å². The standard InChI is InChI=1S/C64H50N2/c1-3-49-33-34-58(46-50(49)4-2)55-37-41-61(42-38-55)66(60-39-35-54(36-40-60)52-20-11-6-12-21-52)62-43-44-63(64(47-62)56-22-13-7-14-23-56)57-31-28-48(29-32-57)27-30-53(51-18-9-5-10-19-51)24-17-45-65-59-25-15-8-16-26-59/h3-47,65H,1-2H2/b30-27-,45-17+,53-24+. The van der Waals surface area contributed by atoms with E-state index in [2.05, 4.69) is 260 Å². The molecule has 0 saturated carbocycles. The highest BCUT2D eigenvalue weighted by Crippen LogP contribution is 2.42. The van der Waals surface area contributed by atoms with Gasteiger partial charge in [0.2, 0.25) is 0 Å². The van der Waals surface area contributed by atoms with Gasteiger partial charge in [-0.3, -0.25) is 0 Å². The maximum atomic E-state index is 4.04. The summed E-state index contributed by atoms with van der Waals surface area (Å²) in [6, 6.07) is 81.8. The number of allylic oxidation sites excluding steroid dienone is 4. The van der Waals surface area contributed by atoms with Crippen molar-refractivity contribution < 1.29 is 0 Å². The lowest BCUT2D eigenvalue weighted by molar-refractivity contribution is 1.28. The third-order valence-corrected chi connectivity index (χ3v) is 11.7. The lowest BCUT2D eigenvalue weighted by Gasteiger charge is -2.27. The van der Waals surface area contributed by atoms with E-state index in [1.807, 2.05) is 36.6 Å². The van der Waals surface area contributed by atoms with E-state index in [0.717, 1.165) is 84.0 Å². The van der Waals surface area contributed by atoms with Crippen molar-refractivity contribution in [1.29, 1.82) is 0 Å². The molecule has 1 N–H and O–H groups in total. The zero-order valence-electron chi connectivity index (χ0n) is 36.8. The second kappa shape index (κ2) is 20.6. The van der Waals surface area contributed by atoms with Crippen molar-refractivity contribution >= 4 is 46.6 Å². The first-order valence-corrected chi connectivity index (χ1v) is 22.3. The maximum Gasteiger partial charge on any atom is 0.0468 e. The monoisotopic (exact) mass is 846 g/mol. The molecule has 2 nitrogen and oxygen atoms in total. The van der Waals surface area contributed by atoms with Crippen LogP contribution < -0.4 is 10.2 Å². The van der Waals surface area contributed by atoms with Crippen molar-refractivity contribution in [3.05, 3.63) is 290 Å². The van der Waals surface area contributed by atoms with Gasteiger partial charge in [-0.2, -0.15) is 0 Å². The summed E-state index contributed by atoms with van der Waals surface area (Å²) in [5.41, 5.74) is 19.0. The largest absolute Gasteiger partial charge is 0.362 e. The molecule has 9 aromatic carbocycles. The lowest BCUT2D eigenvalue weighted by atomic mass is 9.93. The van der Waals surface area contributed by atoms with E-state index < -0.39 is 0 Å². The molecule has 0 aliphatic carbocycles. The third-order valence-electron chi connectivity index (χ3n) is 11.7. The molecule has 0 spiro atoms. The van der Waals surface area contributed by atoms with Crippen LogP contribution in [0.25, 0.3) is 68.3 Å². The van der Waals surface area contributed by atoms with E-state index in [-0.39, 0.29) is 0 Å². The molecular weight excluding hydrogens is 797 g/mol. The Hall–Kier alpha value is -8.72. The number of hydrogen-bond donors (Lipinski definition) is 1. The molecule has 0 unspecified atom stereocenters. The van der Waals surface area contributed by atoms with Gasteiger partial charge in [0, 0.05) is 28.9 Å². The smallest absolute Gasteiger partial charge is 0.0468 e. The molecule has 0 fully saturated rings. The molecule has 0 saturated heterocycles. The zero-order chi connectivity index (χ0) is 44.9. The molecule has 0 aliphatic heterocycles. The van der Waals surface area contributed by atoms with Crippen molar-refractivity contribution in [1.82, 2.24) is 0 Å². The lowest BCUT2D eigenvalue weighted by Crippen LogP contribution is -2.10. The minimum absolute atomic E-state index is 1.05. The quantitative estimate of drug-likeness (QED) is 0.103. The highest BCUT2D eigenvalue weighted by atomic mass is 15.1. The molecule has 0 heterocycles. The molecule has 66 heavy (non-hydrogen) atoms. The first-order valence-electron chi connectivity index (χ1n) is 22.3. The average Bonchev–Trinajstić information content (AvgIpc) is 3.40. The van der Waals surface area contributed by atoms with Crippen LogP contribution in [0.2, 0.25) is 0 Å². The molecule has 0 atom stereocenters. The van der Waals surface area contributed by atoms with E-state index in [1.54, 1.807) is 0 Å². The zero-order valence-corrected chi connectivity index (χ0v) is 36.8. The Morgan fingerprint density at radius 3 is 1.53 bits per heavy atom. The SMILES string of the molecule is C=Cc1ccc(-c2ccc(N(c3ccc(-c4ccccc4)cc3)c3ccc(-c4ccc(\C=C/C(=C\C=C\Nc5ccccc5)c5ccccc5)cc4)c(-c4ccccc4)c3)cc2)cc1C=C.